The Labute approximate surface area is 161 Å². The summed E-state index contributed by atoms with van der Waals surface area (Å²) in [6, 6.07) is 13.8. The average molecular weight is 427 g/mol. The Balaban J connectivity index is 1.88. The zero-order chi connectivity index (χ0) is 18.4. The first-order chi connectivity index (χ1) is 11.8. The quantitative estimate of drug-likeness (QED) is 0.669. The van der Waals surface area contributed by atoms with Crippen LogP contribution in [0.25, 0.3) is 0 Å². The molecule has 0 aliphatic rings. The first-order valence-corrected chi connectivity index (χ1v) is 9.10. The number of rotatable bonds is 8. The van der Waals surface area contributed by atoms with Crippen molar-refractivity contribution < 1.29 is 14.6 Å². The molecule has 1 atom stereocenters. The van der Waals surface area contributed by atoms with Crippen LogP contribution in [-0.2, 0) is 17.8 Å². The molecule has 0 saturated carbocycles. The fraction of sp³-hybridized carbons (Fsp3) is 0.316. The number of carboxylic acids is 1. The topological polar surface area (TPSA) is 49.8 Å². The third-order valence-electron chi connectivity index (χ3n) is 3.98. The predicted molar refractivity (Wildman–Crippen MR) is 103 cm³/mol. The molecule has 1 N–H and O–H groups in total. The molecule has 0 unspecified atom stereocenters. The van der Waals surface area contributed by atoms with Crippen LogP contribution in [0.5, 0.6) is 5.75 Å². The van der Waals surface area contributed by atoms with Crippen molar-refractivity contribution >= 4 is 33.5 Å². The molecule has 0 spiro atoms. The first kappa shape index (κ1) is 19.8. The fourth-order valence-corrected chi connectivity index (χ4v) is 2.83. The zero-order valence-electron chi connectivity index (χ0n) is 14.2. The third-order valence-corrected chi connectivity index (χ3v) is 5.21. The number of benzene rings is 2. The third kappa shape index (κ3) is 6.34. The van der Waals surface area contributed by atoms with E-state index in [0.717, 1.165) is 27.8 Å². The summed E-state index contributed by atoms with van der Waals surface area (Å²) >= 11 is 9.45. The lowest BCUT2D eigenvalue weighted by atomic mass is 10.1. The van der Waals surface area contributed by atoms with Gasteiger partial charge in [0.2, 0.25) is 0 Å². The van der Waals surface area contributed by atoms with Gasteiger partial charge in [-0.15, -0.1) is 0 Å². The molecule has 25 heavy (non-hydrogen) atoms. The summed E-state index contributed by atoms with van der Waals surface area (Å²) in [6.07, 6.45) is 0.784. The van der Waals surface area contributed by atoms with Gasteiger partial charge in [0.25, 0.3) is 0 Å². The molecule has 0 saturated heterocycles. The lowest BCUT2D eigenvalue weighted by Gasteiger charge is -2.22. The maximum absolute atomic E-state index is 10.8. The molecule has 0 aliphatic heterocycles. The number of ether oxygens (including phenoxy) is 1. The average Bonchev–Trinajstić information content (AvgIpc) is 2.56. The van der Waals surface area contributed by atoms with Gasteiger partial charge in [0.15, 0.2) is 0 Å². The van der Waals surface area contributed by atoms with E-state index in [1.54, 1.807) is 0 Å². The molecule has 2 rings (SSSR count). The van der Waals surface area contributed by atoms with Crippen LogP contribution < -0.4 is 4.74 Å². The van der Waals surface area contributed by atoms with Crippen molar-refractivity contribution in [1.82, 2.24) is 4.90 Å². The van der Waals surface area contributed by atoms with E-state index < -0.39 is 5.97 Å². The van der Waals surface area contributed by atoms with Gasteiger partial charge in [-0.25, -0.2) is 0 Å². The maximum Gasteiger partial charge on any atom is 0.317 e. The Morgan fingerprint density at radius 2 is 1.88 bits per heavy atom. The van der Waals surface area contributed by atoms with Gasteiger partial charge in [0, 0.05) is 10.5 Å². The maximum atomic E-state index is 10.8. The van der Waals surface area contributed by atoms with E-state index in [-0.39, 0.29) is 12.6 Å². The van der Waals surface area contributed by atoms with Gasteiger partial charge in [-0.05, 0) is 71.7 Å². The normalized spacial score (nSPS) is 12.2. The van der Waals surface area contributed by atoms with Crippen molar-refractivity contribution in [2.75, 3.05) is 13.6 Å². The van der Waals surface area contributed by atoms with Crippen LogP contribution in [0.15, 0.2) is 46.9 Å². The van der Waals surface area contributed by atoms with Crippen molar-refractivity contribution in [2.24, 2.45) is 0 Å². The molecule has 0 aromatic heterocycles. The number of carboxylic acid groups (broad SMARTS) is 1. The summed E-state index contributed by atoms with van der Waals surface area (Å²) in [5.74, 6) is -0.0273. The second-order valence-electron chi connectivity index (χ2n) is 6.04. The number of halogens is 2. The van der Waals surface area contributed by atoms with E-state index in [4.69, 9.17) is 21.4 Å². The Kier molecular flexibility index (Phi) is 7.29. The number of nitrogens with zero attached hydrogens (tertiary/aromatic N) is 1. The van der Waals surface area contributed by atoms with Gasteiger partial charge in [-0.1, -0.05) is 29.8 Å². The Morgan fingerprint density at radius 3 is 2.48 bits per heavy atom. The second-order valence-corrected chi connectivity index (χ2v) is 7.30. The molecule has 6 heteroatoms. The lowest BCUT2D eigenvalue weighted by molar-refractivity contribution is -0.138. The fourth-order valence-electron chi connectivity index (χ4n) is 2.38. The standard InChI is InChI=1S/C19H21BrClNO3/c1-13(22(2)11-19(23)24)9-14-3-6-16(7-4-14)25-12-15-5-8-17(20)18(21)10-15/h3-8,10,13H,9,11-12H2,1-2H3,(H,23,24)/t13-/m1/s1. The smallest absolute Gasteiger partial charge is 0.317 e. The van der Waals surface area contributed by atoms with Crippen LogP contribution >= 0.6 is 27.5 Å². The van der Waals surface area contributed by atoms with E-state index in [1.807, 2.05) is 61.3 Å². The summed E-state index contributed by atoms with van der Waals surface area (Å²) < 4.78 is 6.65. The molecule has 0 aliphatic carbocycles. The van der Waals surface area contributed by atoms with Gasteiger partial charge >= 0.3 is 5.97 Å². The summed E-state index contributed by atoms with van der Waals surface area (Å²) in [5, 5.41) is 9.51. The molecule has 2 aromatic carbocycles. The molecule has 4 nitrogen and oxygen atoms in total. The van der Waals surface area contributed by atoms with Crippen molar-refractivity contribution in [2.45, 2.75) is 26.0 Å². The van der Waals surface area contributed by atoms with Crippen LogP contribution in [0.1, 0.15) is 18.1 Å². The zero-order valence-corrected chi connectivity index (χ0v) is 16.5. The molecular formula is C19H21BrClNO3. The van der Waals surface area contributed by atoms with Crippen LogP contribution in [0.4, 0.5) is 0 Å². The second kappa shape index (κ2) is 9.22. The van der Waals surface area contributed by atoms with E-state index in [2.05, 4.69) is 15.9 Å². The van der Waals surface area contributed by atoms with Gasteiger partial charge in [0.1, 0.15) is 12.4 Å². The Hall–Kier alpha value is -1.56. The highest BCUT2D eigenvalue weighted by Gasteiger charge is 2.12. The minimum Gasteiger partial charge on any atom is -0.489 e. The highest BCUT2D eigenvalue weighted by molar-refractivity contribution is 9.10. The van der Waals surface area contributed by atoms with Crippen molar-refractivity contribution in [3.05, 3.63) is 63.1 Å². The van der Waals surface area contributed by atoms with Crippen molar-refractivity contribution in [3.8, 4) is 5.75 Å². The number of aliphatic carboxylic acids is 1. The van der Waals surface area contributed by atoms with Gasteiger partial charge in [-0.2, -0.15) is 0 Å². The lowest BCUT2D eigenvalue weighted by Crippen LogP contribution is -2.35. The summed E-state index contributed by atoms with van der Waals surface area (Å²) in [5.41, 5.74) is 2.14. The number of carbonyl (C=O) groups is 1. The Morgan fingerprint density at radius 1 is 1.24 bits per heavy atom. The molecule has 0 heterocycles. The minimum atomic E-state index is -0.814. The molecule has 0 fully saturated rings. The highest BCUT2D eigenvalue weighted by atomic mass is 79.9. The van der Waals surface area contributed by atoms with Gasteiger partial charge < -0.3 is 9.84 Å². The number of hydrogen-bond donors (Lipinski definition) is 1. The van der Waals surface area contributed by atoms with Crippen LogP contribution in [0.2, 0.25) is 5.02 Å². The summed E-state index contributed by atoms with van der Waals surface area (Å²) in [6.45, 7) is 2.51. The monoisotopic (exact) mass is 425 g/mol. The number of hydrogen-bond acceptors (Lipinski definition) is 3. The van der Waals surface area contributed by atoms with Crippen molar-refractivity contribution in [1.29, 1.82) is 0 Å². The van der Waals surface area contributed by atoms with Crippen LogP contribution in [-0.4, -0.2) is 35.6 Å². The first-order valence-electron chi connectivity index (χ1n) is 7.93. The minimum absolute atomic E-state index is 0.0398. The van der Waals surface area contributed by atoms with E-state index in [9.17, 15) is 4.79 Å². The largest absolute Gasteiger partial charge is 0.489 e. The molecular weight excluding hydrogens is 406 g/mol. The summed E-state index contributed by atoms with van der Waals surface area (Å²) in [4.78, 5) is 12.6. The SMILES string of the molecule is C[C@H](Cc1ccc(OCc2ccc(Br)c(Cl)c2)cc1)N(C)CC(=O)O. The van der Waals surface area contributed by atoms with Crippen LogP contribution in [0.3, 0.4) is 0 Å². The Bertz CT molecular complexity index is 721. The van der Waals surface area contributed by atoms with Gasteiger partial charge in [0.05, 0.1) is 11.6 Å². The van der Waals surface area contributed by atoms with Gasteiger partial charge in [-0.3, -0.25) is 9.69 Å². The molecule has 0 amide bonds. The van der Waals surface area contributed by atoms with E-state index in [0.29, 0.717) is 11.6 Å². The van der Waals surface area contributed by atoms with E-state index in [1.165, 1.54) is 0 Å². The number of likely N-dealkylation sites (N-methyl/N-ethyl adjacent to an activating group) is 1. The predicted octanol–water partition coefficient (Wildman–Crippen LogP) is 4.63. The molecule has 0 bridgehead atoms. The summed E-state index contributed by atoms with van der Waals surface area (Å²) in [7, 11) is 1.82. The molecule has 134 valence electrons. The van der Waals surface area contributed by atoms with Crippen LogP contribution in [0, 0.1) is 0 Å². The van der Waals surface area contributed by atoms with Crippen molar-refractivity contribution in [3.63, 3.8) is 0 Å². The highest BCUT2D eigenvalue weighted by Crippen LogP contribution is 2.24. The van der Waals surface area contributed by atoms with E-state index >= 15 is 0 Å². The molecule has 0 radical (unpaired) electrons. The molecule has 2 aromatic rings.